The van der Waals surface area contributed by atoms with Crippen LogP contribution in [-0.4, -0.2) is 26.1 Å². The van der Waals surface area contributed by atoms with E-state index in [2.05, 4.69) is 31.2 Å². The molecule has 3 unspecified atom stereocenters. The normalized spacial score (nSPS) is 36.0. The highest BCUT2D eigenvalue weighted by Crippen LogP contribution is 2.64. The third-order valence-corrected chi connectivity index (χ3v) is 7.21. The maximum absolute atomic E-state index is 6.19. The van der Waals surface area contributed by atoms with Crippen LogP contribution >= 0.6 is 0 Å². The quantitative estimate of drug-likeness (QED) is 0.774. The van der Waals surface area contributed by atoms with E-state index in [0.29, 0.717) is 11.8 Å². The van der Waals surface area contributed by atoms with Crippen LogP contribution in [0.15, 0.2) is 24.3 Å². The first-order valence-electron chi connectivity index (χ1n) is 9.32. The van der Waals surface area contributed by atoms with Crippen LogP contribution in [-0.2, 0) is 15.9 Å². The minimum atomic E-state index is -0.320. The second-order valence-electron chi connectivity index (χ2n) is 8.04. The van der Waals surface area contributed by atoms with E-state index in [1.54, 1.807) is 12.7 Å². The first kappa shape index (κ1) is 15.0. The zero-order valence-electron chi connectivity index (χ0n) is 14.6. The van der Waals surface area contributed by atoms with E-state index in [9.17, 15) is 0 Å². The fourth-order valence-electron chi connectivity index (χ4n) is 5.97. The number of fused-ring (bicyclic) bond motifs is 6. The molecule has 1 spiro atoms. The van der Waals surface area contributed by atoms with Crippen LogP contribution in [0.25, 0.3) is 5.57 Å². The standard InChI is InChI=1S/C21H26O3/c1-20-9-7-17-16-6-4-15(22-2)13-14(16)3-5-18(17)19(20)8-10-21(20)23-11-12-24-21/h4,6-7,13,18-19H,3,5,8-12H2,1-2H3. The van der Waals surface area contributed by atoms with Crippen LogP contribution in [0.2, 0.25) is 0 Å². The minimum absolute atomic E-state index is 0.127. The van der Waals surface area contributed by atoms with Gasteiger partial charge in [0.25, 0.3) is 0 Å². The van der Waals surface area contributed by atoms with Gasteiger partial charge in [-0.1, -0.05) is 19.1 Å². The maximum atomic E-state index is 6.19. The molecule has 24 heavy (non-hydrogen) atoms. The van der Waals surface area contributed by atoms with Crippen molar-refractivity contribution in [2.45, 2.75) is 44.8 Å². The zero-order valence-corrected chi connectivity index (χ0v) is 14.6. The van der Waals surface area contributed by atoms with Crippen molar-refractivity contribution in [3.63, 3.8) is 0 Å². The van der Waals surface area contributed by atoms with Gasteiger partial charge in [-0.25, -0.2) is 0 Å². The summed E-state index contributed by atoms with van der Waals surface area (Å²) in [6.45, 7) is 3.92. The number of ether oxygens (including phenoxy) is 3. The molecule has 1 aliphatic heterocycles. The molecular weight excluding hydrogens is 300 g/mol. The number of hydrogen-bond donors (Lipinski definition) is 0. The lowest BCUT2D eigenvalue weighted by Crippen LogP contribution is -2.49. The summed E-state index contributed by atoms with van der Waals surface area (Å²) in [6.07, 6.45) is 8.22. The van der Waals surface area contributed by atoms with E-state index >= 15 is 0 Å². The average Bonchev–Trinajstić information content (AvgIpc) is 3.21. The second kappa shape index (κ2) is 5.09. The second-order valence-corrected chi connectivity index (χ2v) is 8.04. The van der Waals surface area contributed by atoms with Gasteiger partial charge in [0.2, 0.25) is 0 Å². The van der Waals surface area contributed by atoms with Gasteiger partial charge in [-0.15, -0.1) is 0 Å². The van der Waals surface area contributed by atoms with E-state index in [4.69, 9.17) is 14.2 Å². The lowest BCUT2D eigenvalue weighted by molar-refractivity contribution is -0.226. The number of rotatable bonds is 1. The van der Waals surface area contributed by atoms with Crippen molar-refractivity contribution in [1.82, 2.24) is 0 Å². The Morgan fingerprint density at radius 1 is 1.17 bits per heavy atom. The van der Waals surface area contributed by atoms with Gasteiger partial charge in [-0.05, 0) is 66.4 Å². The number of hydrogen-bond acceptors (Lipinski definition) is 3. The summed E-state index contributed by atoms with van der Waals surface area (Å²) < 4.78 is 17.8. The molecule has 128 valence electrons. The molecule has 1 saturated heterocycles. The van der Waals surface area contributed by atoms with Gasteiger partial charge >= 0.3 is 0 Å². The summed E-state index contributed by atoms with van der Waals surface area (Å²) in [5.74, 6) is 1.98. The third-order valence-electron chi connectivity index (χ3n) is 7.21. The maximum Gasteiger partial charge on any atom is 0.174 e. The predicted octanol–water partition coefficient (Wildman–Crippen LogP) is 4.20. The smallest absolute Gasteiger partial charge is 0.174 e. The fourth-order valence-corrected chi connectivity index (χ4v) is 5.97. The lowest BCUT2D eigenvalue weighted by atomic mass is 9.59. The Morgan fingerprint density at radius 2 is 2.00 bits per heavy atom. The van der Waals surface area contributed by atoms with Crippen molar-refractivity contribution in [1.29, 1.82) is 0 Å². The molecule has 3 aliphatic carbocycles. The van der Waals surface area contributed by atoms with Gasteiger partial charge in [-0.3, -0.25) is 0 Å². The molecule has 0 radical (unpaired) electrons. The fraction of sp³-hybridized carbons (Fsp3) is 0.619. The molecule has 1 aromatic carbocycles. The Bertz CT molecular complexity index is 701. The highest BCUT2D eigenvalue weighted by Gasteiger charge is 2.63. The molecular formula is C21H26O3. The van der Waals surface area contributed by atoms with Crippen molar-refractivity contribution >= 4 is 5.57 Å². The molecule has 0 aromatic heterocycles. The number of benzene rings is 1. The summed E-state index contributed by atoms with van der Waals surface area (Å²) in [7, 11) is 1.75. The van der Waals surface area contributed by atoms with Gasteiger partial charge in [0.1, 0.15) is 5.75 Å². The van der Waals surface area contributed by atoms with Crippen LogP contribution < -0.4 is 4.74 Å². The molecule has 1 aromatic rings. The minimum Gasteiger partial charge on any atom is -0.497 e. The molecule has 3 heteroatoms. The number of methoxy groups -OCH3 is 1. The van der Waals surface area contributed by atoms with Crippen LogP contribution in [0.3, 0.4) is 0 Å². The Balaban J connectivity index is 1.55. The van der Waals surface area contributed by atoms with E-state index in [1.165, 1.54) is 24.0 Å². The number of aryl methyl sites for hydroxylation is 1. The largest absolute Gasteiger partial charge is 0.497 e. The summed E-state index contributed by atoms with van der Waals surface area (Å²) in [5, 5.41) is 0. The van der Waals surface area contributed by atoms with Crippen LogP contribution in [0.1, 0.15) is 43.7 Å². The monoisotopic (exact) mass is 326 g/mol. The Hall–Kier alpha value is -1.32. The van der Waals surface area contributed by atoms with Gasteiger partial charge < -0.3 is 14.2 Å². The van der Waals surface area contributed by atoms with Crippen molar-refractivity contribution in [3.05, 3.63) is 35.4 Å². The molecule has 4 aliphatic rings. The van der Waals surface area contributed by atoms with Gasteiger partial charge in [-0.2, -0.15) is 0 Å². The molecule has 1 saturated carbocycles. The molecule has 0 bridgehead atoms. The van der Waals surface area contributed by atoms with Gasteiger partial charge in [0, 0.05) is 11.8 Å². The topological polar surface area (TPSA) is 27.7 Å². The summed E-state index contributed by atoms with van der Waals surface area (Å²) in [4.78, 5) is 0. The van der Waals surface area contributed by atoms with E-state index in [-0.39, 0.29) is 11.2 Å². The first-order chi connectivity index (χ1) is 11.7. The lowest BCUT2D eigenvalue weighted by Gasteiger charge is -2.49. The van der Waals surface area contributed by atoms with Crippen LogP contribution in [0.5, 0.6) is 5.75 Å². The molecule has 3 atom stereocenters. The third kappa shape index (κ3) is 1.80. The highest BCUT2D eigenvalue weighted by atomic mass is 16.7. The SMILES string of the molecule is COc1ccc2c(c1)CCC1C2=CCC2(C)C1CCC21OCCO1. The van der Waals surface area contributed by atoms with Crippen molar-refractivity contribution in [2.75, 3.05) is 20.3 Å². The van der Waals surface area contributed by atoms with Crippen molar-refractivity contribution in [2.24, 2.45) is 17.3 Å². The molecule has 1 heterocycles. The van der Waals surface area contributed by atoms with Crippen molar-refractivity contribution < 1.29 is 14.2 Å². The first-order valence-corrected chi connectivity index (χ1v) is 9.32. The zero-order chi connectivity index (χ0) is 16.4. The molecule has 0 amide bonds. The van der Waals surface area contributed by atoms with Gasteiger partial charge in [0.05, 0.1) is 20.3 Å². The molecule has 0 N–H and O–H groups in total. The Labute approximate surface area is 144 Å². The number of allylic oxidation sites excluding steroid dienone is 2. The molecule has 2 fully saturated rings. The Kier molecular flexibility index (Phi) is 3.18. The van der Waals surface area contributed by atoms with E-state index in [0.717, 1.165) is 38.2 Å². The van der Waals surface area contributed by atoms with E-state index in [1.807, 2.05) is 0 Å². The van der Waals surface area contributed by atoms with Gasteiger partial charge in [0.15, 0.2) is 5.79 Å². The predicted molar refractivity (Wildman–Crippen MR) is 92.9 cm³/mol. The van der Waals surface area contributed by atoms with E-state index < -0.39 is 0 Å². The molecule has 5 rings (SSSR count). The summed E-state index contributed by atoms with van der Waals surface area (Å²) >= 11 is 0. The van der Waals surface area contributed by atoms with Crippen LogP contribution in [0.4, 0.5) is 0 Å². The highest BCUT2D eigenvalue weighted by molar-refractivity contribution is 5.74. The van der Waals surface area contributed by atoms with Crippen molar-refractivity contribution in [3.8, 4) is 5.75 Å². The Morgan fingerprint density at radius 3 is 2.79 bits per heavy atom. The average molecular weight is 326 g/mol. The summed E-state index contributed by atoms with van der Waals surface area (Å²) in [5.41, 5.74) is 4.59. The van der Waals surface area contributed by atoms with Crippen LogP contribution in [0, 0.1) is 17.3 Å². The molecule has 3 nitrogen and oxygen atoms in total. The summed E-state index contributed by atoms with van der Waals surface area (Å²) in [6, 6.07) is 6.59.